The fraction of sp³-hybridized carbons (Fsp3) is 0.591. The molecule has 1 aromatic carbocycles. The van der Waals surface area contributed by atoms with Crippen LogP contribution in [0.1, 0.15) is 57.9 Å². The SMILES string of the molecule is CCCOC(=O)C(CCC)CC(C#N)(CCC(=O)O)c1ccc(OC)c(OC)c1F. The van der Waals surface area contributed by atoms with E-state index in [4.69, 9.17) is 14.2 Å². The zero-order valence-corrected chi connectivity index (χ0v) is 18.0. The monoisotopic (exact) mass is 423 g/mol. The minimum Gasteiger partial charge on any atom is -0.493 e. The summed E-state index contributed by atoms with van der Waals surface area (Å²) in [5.74, 6) is -3.07. The molecule has 0 bridgehead atoms. The van der Waals surface area contributed by atoms with Gasteiger partial charge in [-0.25, -0.2) is 4.39 Å². The number of hydrogen-bond acceptors (Lipinski definition) is 6. The van der Waals surface area contributed by atoms with E-state index in [1.165, 1.54) is 26.4 Å². The Morgan fingerprint density at radius 2 is 1.93 bits per heavy atom. The molecule has 0 radical (unpaired) electrons. The van der Waals surface area contributed by atoms with Crippen molar-refractivity contribution < 1.29 is 33.3 Å². The molecule has 0 saturated carbocycles. The molecule has 0 saturated heterocycles. The third kappa shape index (κ3) is 6.09. The molecule has 2 atom stereocenters. The van der Waals surface area contributed by atoms with Crippen molar-refractivity contribution in [3.63, 3.8) is 0 Å². The molecule has 0 aliphatic rings. The molecule has 166 valence electrons. The van der Waals surface area contributed by atoms with Crippen LogP contribution in [0.25, 0.3) is 0 Å². The first-order chi connectivity index (χ1) is 14.3. The molecule has 8 heteroatoms. The van der Waals surface area contributed by atoms with Gasteiger partial charge in [0.25, 0.3) is 0 Å². The Morgan fingerprint density at radius 3 is 2.43 bits per heavy atom. The maximum atomic E-state index is 15.3. The van der Waals surface area contributed by atoms with Crippen molar-refractivity contribution in [3.8, 4) is 17.6 Å². The number of carbonyl (C=O) groups excluding carboxylic acids is 1. The highest BCUT2D eigenvalue weighted by atomic mass is 19.1. The molecule has 7 nitrogen and oxygen atoms in total. The highest BCUT2D eigenvalue weighted by molar-refractivity contribution is 5.73. The molecule has 30 heavy (non-hydrogen) atoms. The van der Waals surface area contributed by atoms with E-state index in [9.17, 15) is 20.0 Å². The number of ether oxygens (including phenoxy) is 3. The zero-order valence-electron chi connectivity index (χ0n) is 18.0. The largest absolute Gasteiger partial charge is 0.493 e. The first kappa shape index (κ1) is 25.2. The normalized spacial score (nSPS) is 13.6. The van der Waals surface area contributed by atoms with Gasteiger partial charge >= 0.3 is 11.9 Å². The minimum atomic E-state index is -1.55. The Labute approximate surface area is 176 Å². The smallest absolute Gasteiger partial charge is 0.308 e. The van der Waals surface area contributed by atoms with Crippen LogP contribution in [0.3, 0.4) is 0 Å². The molecule has 1 aromatic rings. The molecular weight excluding hydrogens is 393 g/mol. The number of halogens is 1. The van der Waals surface area contributed by atoms with Crippen molar-refractivity contribution in [2.45, 2.75) is 57.8 Å². The Bertz CT molecular complexity index is 776. The predicted molar refractivity (Wildman–Crippen MR) is 108 cm³/mol. The number of methoxy groups -OCH3 is 2. The number of carbonyl (C=O) groups is 2. The van der Waals surface area contributed by atoms with Crippen molar-refractivity contribution in [1.82, 2.24) is 0 Å². The molecule has 1 N–H and O–H groups in total. The number of aliphatic carboxylic acids is 1. The van der Waals surface area contributed by atoms with Gasteiger partial charge in [-0.1, -0.05) is 26.3 Å². The second-order valence-corrected chi connectivity index (χ2v) is 7.11. The number of carboxylic acids is 1. The zero-order chi connectivity index (χ0) is 22.7. The summed E-state index contributed by atoms with van der Waals surface area (Å²) >= 11 is 0. The number of carboxylic acid groups (broad SMARTS) is 1. The number of esters is 1. The summed E-state index contributed by atoms with van der Waals surface area (Å²) in [7, 11) is 2.64. The van der Waals surface area contributed by atoms with E-state index >= 15 is 4.39 Å². The van der Waals surface area contributed by atoms with Crippen LogP contribution >= 0.6 is 0 Å². The maximum Gasteiger partial charge on any atom is 0.308 e. The second kappa shape index (κ2) is 12.0. The van der Waals surface area contributed by atoms with Gasteiger partial charge in [-0.15, -0.1) is 0 Å². The maximum absolute atomic E-state index is 15.3. The Balaban J connectivity index is 3.51. The van der Waals surface area contributed by atoms with Crippen LogP contribution in [0.5, 0.6) is 11.5 Å². The van der Waals surface area contributed by atoms with E-state index in [0.29, 0.717) is 19.3 Å². The third-order valence-corrected chi connectivity index (χ3v) is 4.99. The quantitative estimate of drug-likeness (QED) is 0.473. The van der Waals surface area contributed by atoms with E-state index in [1.54, 1.807) is 0 Å². The molecule has 0 spiro atoms. The lowest BCUT2D eigenvalue weighted by Crippen LogP contribution is -2.33. The lowest BCUT2D eigenvalue weighted by atomic mass is 9.70. The molecule has 0 aliphatic heterocycles. The van der Waals surface area contributed by atoms with Gasteiger partial charge in [0, 0.05) is 12.0 Å². The van der Waals surface area contributed by atoms with Crippen LogP contribution in [-0.4, -0.2) is 37.9 Å². The fourth-order valence-electron chi connectivity index (χ4n) is 3.48. The fourth-order valence-corrected chi connectivity index (χ4v) is 3.48. The predicted octanol–water partition coefficient (Wildman–Crippen LogP) is 4.23. The van der Waals surface area contributed by atoms with E-state index in [2.05, 4.69) is 6.07 Å². The first-order valence-corrected chi connectivity index (χ1v) is 10.0. The molecule has 0 heterocycles. The molecule has 2 unspecified atom stereocenters. The minimum absolute atomic E-state index is 0.0201. The Hall–Kier alpha value is -2.82. The summed E-state index contributed by atoms with van der Waals surface area (Å²) in [5.41, 5.74) is -1.57. The van der Waals surface area contributed by atoms with Crippen LogP contribution in [0.15, 0.2) is 12.1 Å². The van der Waals surface area contributed by atoms with Crippen molar-refractivity contribution in [2.24, 2.45) is 5.92 Å². The van der Waals surface area contributed by atoms with Crippen LogP contribution in [-0.2, 0) is 19.7 Å². The summed E-state index contributed by atoms with van der Waals surface area (Å²) in [5, 5.41) is 19.3. The van der Waals surface area contributed by atoms with E-state index in [-0.39, 0.29) is 42.9 Å². The van der Waals surface area contributed by atoms with Gasteiger partial charge in [-0.05, 0) is 31.7 Å². The van der Waals surface area contributed by atoms with Gasteiger partial charge in [0.15, 0.2) is 17.3 Å². The van der Waals surface area contributed by atoms with Crippen molar-refractivity contribution in [3.05, 3.63) is 23.5 Å². The summed E-state index contributed by atoms with van der Waals surface area (Å²) in [6.07, 6.45) is 1.17. The van der Waals surface area contributed by atoms with Crippen molar-refractivity contribution in [1.29, 1.82) is 5.26 Å². The van der Waals surface area contributed by atoms with Crippen molar-refractivity contribution in [2.75, 3.05) is 20.8 Å². The summed E-state index contributed by atoms with van der Waals surface area (Å²) in [4.78, 5) is 23.8. The Morgan fingerprint density at radius 1 is 1.23 bits per heavy atom. The van der Waals surface area contributed by atoms with Gasteiger partial charge in [0.1, 0.15) is 0 Å². The third-order valence-electron chi connectivity index (χ3n) is 4.99. The lowest BCUT2D eigenvalue weighted by Gasteiger charge is -2.31. The van der Waals surface area contributed by atoms with Gasteiger partial charge in [-0.3, -0.25) is 9.59 Å². The van der Waals surface area contributed by atoms with Crippen LogP contribution in [0.2, 0.25) is 0 Å². The summed E-state index contributed by atoms with van der Waals surface area (Å²) < 4.78 is 30.8. The molecular formula is C22H30FNO6. The highest BCUT2D eigenvalue weighted by Crippen LogP contribution is 2.43. The van der Waals surface area contributed by atoms with E-state index < -0.39 is 29.1 Å². The molecule has 0 amide bonds. The average Bonchev–Trinajstić information content (AvgIpc) is 2.74. The topological polar surface area (TPSA) is 106 Å². The lowest BCUT2D eigenvalue weighted by molar-refractivity contribution is -0.149. The second-order valence-electron chi connectivity index (χ2n) is 7.11. The number of hydrogen-bond donors (Lipinski definition) is 1. The standard InChI is InChI=1S/C22H30FNO6/c1-5-7-15(21(27)30-12-6-2)13-22(14-24,11-10-18(25)26)16-8-9-17(28-3)20(29-4)19(16)23/h8-9,15H,5-7,10-13H2,1-4H3,(H,25,26). The summed E-state index contributed by atoms with van der Waals surface area (Å²) in [6.45, 7) is 4.01. The van der Waals surface area contributed by atoms with Gasteiger partial charge < -0.3 is 19.3 Å². The van der Waals surface area contributed by atoms with Crippen LogP contribution in [0, 0.1) is 23.1 Å². The number of nitrogens with zero attached hydrogens (tertiary/aromatic N) is 1. The van der Waals surface area contributed by atoms with Crippen LogP contribution < -0.4 is 9.47 Å². The number of benzene rings is 1. The van der Waals surface area contributed by atoms with Gasteiger partial charge in [0.2, 0.25) is 0 Å². The van der Waals surface area contributed by atoms with Gasteiger partial charge in [0.05, 0.1) is 38.2 Å². The van der Waals surface area contributed by atoms with E-state index in [1.807, 2.05) is 13.8 Å². The molecule has 0 fully saturated rings. The molecule has 0 aromatic heterocycles. The Kier molecular flexibility index (Phi) is 10.1. The number of nitriles is 1. The average molecular weight is 423 g/mol. The molecule has 1 rings (SSSR count). The molecule has 0 aliphatic carbocycles. The first-order valence-electron chi connectivity index (χ1n) is 10.0. The summed E-state index contributed by atoms with van der Waals surface area (Å²) in [6, 6.07) is 4.97. The van der Waals surface area contributed by atoms with Crippen molar-refractivity contribution >= 4 is 11.9 Å². The van der Waals surface area contributed by atoms with E-state index in [0.717, 1.165) is 0 Å². The highest BCUT2D eigenvalue weighted by Gasteiger charge is 2.41. The van der Waals surface area contributed by atoms with Crippen LogP contribution in [0.4, 0.5) is 4.39 Å². The number of rotatable bonds is 13. The van der Waals surface area contributed by atoms with Gasteiger partial charge in [-0.2, -0.15) is 5.26 Å².